The molecule has 4 rings (SSSR count). The third-order valence-corrected chi connectivity index (χ3v) is 6.02. The van der Waals surface area contributed by atoms with Crippen molar-refractivity contribution in [3.8, 4) is 34.3 Å². The van der Waals surface area contributed by atoms with E-state index in [-0.39, 0.29) is 24.2 Å². The van der Waals surface area contributed by atoms with Crippen LogP contribution in [0, 0.1) is 0 Å². The number of aryl methyl sites for hydroxylation is 1. The Morgan fingerprint density at radius 2 is 1.97 bits per heavy atom. The molecule has 0 aliphatic heterocycles. The molecule has 182 valence electrons. The Hall–Kier alpha value is -3.99. The quantitative estimate of drug-likeness (QED) is 0.330. The van der Waals surface area contributed by atoms with Gasteiger partial charge in [0.15, 0.2) is 11.5 Å². The van der Waals surface area contributed by atoms with Gasteiger partial charge in [-0.1, -0.05) is 24.2 Å². The van der Waals surface area contributed by atoms with Crippen molar-refractivity contribution in [2.45, 2.75) is 24.9 Å². The third-order valence-electron chi connectivity index (χ3n) is 5.35. The number of hydrogen-bond donors (Lipinski definition) is 2. The van der Waals surface area contributed by atoms with Crippen molar-refractivity contribution in [2.75, 3.05) is 31.5 Å². The first-order valence-electron chi connectivity index (χ1n) is 10.8. The first-order chi connectivity index (χ1) is 17.0. The molecule has 2 heterocycles. The highest BCUT2D eigenvalue weighted by Crippen LogP contribution is 2.36. The first-order valence-corrected chi connectivity index (χ1v) is 12.0. The lowest BCUT2D eigenvalue weighted by molar-refractivity contribution is -0.116. The van der Waals surface area contributed by atoms with E-state index in [1.165, 1.54) is 16.4 Å². The molecule has 0 unspecified atom stereocenters. The van der Waals surface area contributed by atoms with Crippen molar-refractivity contribution >= 4 is 29.2 Å². The van der Waals surface area contributed by atoms with E-state index in [2.05, 4.69) is 27.5 Å². The molecule has 0 saturated carbocycles. The van der Waals surface area contributed by atoms with Gasteiger partial charge in [0.2, 0.25) is 11.7 Å². The summed E-state index contributed by atoms with van der Waals surface area (Å²) < 4.78 is 17.6. The number of rotatable bonds is 9. The Morgan fingerprint density at radius 1 is 1.17 bits per heavy atom. The van der Waals surface area contributed by atoms with E-state index in [1.807, 2.05) is 30.5 Å². The number of amides is 1. The minimum absolute atomic E-state index is 0.0631. The van der Waals surface area contributed by atoms with Crippen LogP contribution in [0.5, 0.6) is 11.5 Å². The van der Waals surface area contributed by atoms with E-state index in [0.717, 1.165) is 17.7 Å². The Morgan fingerprint density at radius 3 is 2.69 bits per heavy atom. The minimum Gasteiger partial charge on any atom is -0.493 e. The molecule has 10 nitrogen and oxygen atoms in total. The van der Waals surface area contributed by atoms with Gasteiger partial charge in [0.05, 0.1) is 14.2 Å². The molecule has 11 heteroatoms. The van der Waals surface area contributed by atoms with E-state index in [1.54, 1.807) is 32.4 Å². The smallest absolute Gasteiger partial charge is 0.264 e. The van der Waals surface area contributed by atoms with Crippen LogP contribution in [0.3, 0.4) is 0 Å². The number of hydrogen-bond acceptors (Lipinski definition) is 9. The van der Waals surface area contributed by atoms with Crippen LogP contribution in [0.25, 0.3) is 22.8 Å². The van der Waals surface area contributed by atoms with Gasteiger partial charge >= 0.3 is 0 Å². The topological polar surface area (TPSA) is 130 Å². The second-order valence-electron chi connectivity index (χ2n) is 7.52. The van der Waals surface area contributed by atoms with Crippen LogP contribution in [-0.2, 0) is 17.8 Å². The number of carbonyl (C=O) groups excluding carboxylic acids is 1. The van der Waals surface area contributed by atoms with Gasteiger partial charge in [-0.3, -0.25) is 4.79 Å². The maximum Gasteiger partial charge on any atom is 0.264 e. The van der Waals surface area contributed by atoms with Crippen LogP contribution in [0.4, 0.5) is 11.5 Å². The zero-order valence-electron chi connectivity index (χ0n) is 19.9. The Balaban J connectivity index is 1.58. The second kappa shape index (κ2) is 10.5. The molecule has 35 heavy (non-hydrogen) atoms. The second-order valence-corrected chi connectivity index (χ2v) is 8.32. The summed E-state index contributed by atoms with van der Waals surface area (Å²) in [7, 11) is 3.12. The van der Waals surface area contributed by atoms with Gasteiger partial charge < -0.3 is 25.0 Å². The normalized spacial score (nSPS) is 10.9. The van der Waals surface area contributed by atoms with E-state index < -0.39 is 0 Å². The molecule has 0 saturated heterocycles. The van der Waals surface area contributed by atoms with Crippen molar-refractivity contribution in [1.29, 1.82) is 0 Å². The SMILES string of the molecule is CCc1cccc(NC(=O)Cn2nc(SC)c(-c3nc(-c4ccc(OC)c(OC)c4)no3)c2N)c1. The maximum atomic E-state index is 12.7. The molecule has 0 aliphatic carbocycles. The highest BCUT2D eigenvalue weighted by atomic mass is 32.2. The Bertz CT molecular complexity index is 1350. The third kappa shape index (κ3) is 5.09. The average molecular weight is 495 g/mol. The number of thioether (sulfide) groups is 1. The highest BCUT2D eigenvalue weighted by Gasteiger charge is 2.24. The molecule has 1 amide bonds. The fraction of sp³-hybridized carbons (Fsp3) is 0.250. The number of ether oxygens (including phenoxy) is 2. The van der Waals surface area contributed by atoms with Crippen molar-refractivity contribution in [2.24, 2.45) is 0 Å². The standard InChI is InChI=1S/C24H26N6O4S/c1-5-14-7-6-8-16(11-14)26-19(31)13-30-21(25)20(24(28-30)35-4)23-27-22(29-34-23)15-9-10-17(32-2)18(12-15)33-3/h6-12H,5,13,25H2,1-4H3,(H,26,31). The molecule has 2 aromatic carbocycles. The number of aromatic nitrogens is 4. The lowest BCUT2D eigenvalue weighted by atomic mass is 10.1. The largest absolute Gasteiger partial charge is 0.493 e. The zero-order valence-corrected chi connectivity index (χ0v) is 20.7. The van der Waals surface area contributed by atoms with Crippen LogP contribution < -0.4 is 20.5 Å². The number of benzene rings is 2. The summed E-state index contributed by atoms with van der Waals surface area (Å²) in [5.41, 5.74) is 9.40. The molecule has 0 aliphatic rings. The molecule has 3 N–H and O–H groups in total. The predicted octanol–water partition coefficient (Wildman–Crippen LogP) is 4.12. The number of carbonyl (C=O) groups is 1. The molecule has 0 fully saturated rings. The fourth-order valence-corrected chi connectivity index (χ4v) is 4.12. The molecule has 0 atom stereocenters. The maximum absolute atomic E-state index is 12.7. The average Bonchev–Trinajstić information content (AvgIpc) is 3.48. The molecule has 4 aromatic rings. The van der Waals surface area contributed by atoms with Gasteiger partial charge in [-0.15, -0.1) is 11.8 Å². The summed E-state index contributed by atoms with van der Waals surface area (Å²) in [6.45, 7) is 2.00. The molecule has 0 radical (unpaired) electrons. The van der Waals surface area contributed by atoms with Crippen LogP contribution >= 0.6 is 11.8 Å². The lowest BCUT2D eigenvalue weighted by Crippen LogP contribution is -2.20. The van der Waals surface area contributed by atoms with Crippen LogP contribution in [0.15, 0.2) is 52.0 Å². The van der Waals surface area contributed by atoms with Crippen LogP contribution in [0.1, 0.15) is 12.5 Å². The van der Waals surface area contributed by atoms with E-state index >= 15 is 0 Å². The van der Waals surface area contributed by atoms with E-state index in [0.29, 0.717) is 33.5 Å². The van der Waals surface area contributed by atoms with Gasteiger partial charge in [0.1, 0.15) is 23.0 Å². The van der Waals surface area contributed by atoms with Gasteiger partial charge in [0, 0.05) is 11.3 Å². The molecular weight excluding hydrogens is 468 g/mol. The number of nitrogens with zero attached hydrogens (tertiary/aromatic N) is 4. The number of nitrogen functional groups attached to an aromatic ring is 1. The zero-order chi connectivity index (χ0) is 24.9. The van der Waals surface area contributed by atoms with Crippen molar-refractivity contribution in [3.63, 3.8) is 0 Å². The van der Waals surface area contributed by atoms with Crippen molar-refractivity contribution < 1.29 is 18.8 Å². The van der Waals surface area contributed by atoms with Crippen LogP contribution in [0.2, 0.25) is 0 Å². The summed E-state index contributed by atoms with van der Waals surface area (Å²) in [5, 5.41) is 12.0. The summed E-state index contributed by atoms with van der Waals surface area (Å²) in [4.78, 5) is 17.2. The molecular formula is C24H26N6O4S. The van der Waals surface area contributed by atoms with Crippen LogP contribution in [-0.4, -0.2) is 46.3 Å². The van der Waals surface area contributed by atoms with Gasteiger partial charge in [-0.25, -0.2) is 4.68 Å². The molecule has 0 spiro atoms. The number of methoxy groups -OCH3 is 2. The highest BCUT2D eigenvalue weighted by molar-refractivity contribution is 7.98. The predicted molar refractivity (Wildman–Crippen MR) is 135 cm³/mol. The summed E-state index contributed by atoms with van der Waals surface area (Å²) in [5.74, 6) is 1.71. The van der Waals surface area contributed by atoms with Gasteiger partial charge in [-0.2, -0.15) is 10.1 Å². The van der Waals surface area contributed by atoms with E-state index in [4.69, 9.17) is 19.7 Å². The van der Waals surface area contributed by atoms with Gasteiger partial charge in [-0.05, 0) is 48.6 Å². The summed E-state index contributed by atoms with van der Waals surface area (Å²) >= 11 is 1.37. The Labute approximate surface area is 206 Å². The number of nitrogens with one attached hydrogen (secondary N) is 1. The fourth-order valence-electron chi connectivity index (χ4n) is 3.54. The summed E-state index contributed by atoms with van der Waals surface area (Å²) in [6, 6.07) is 13.0. The molecule has 2 aromatic heterocycles. The lowest BCUT2D eigenvalue weighted by Gasteiger charge is -2.08. The van der Waals surface area contributed by atoms with E-state index in [9.17, 15) is 4.79 Å². The van der Waals surface area contributed by atoms with Gasteiger partial charge in [0.25, 0.3) is 5.89 Å². The number of anilines is 2. The number of nitrogens with two attached hydrogens (primary N) is 1. The summed E-state index contributed by atoms with van der Waals surface area (Å²) in [6.07, 6.45) is 2.74. The van der Waals surface area contributed by atoms with Crippen molar-refractivity contribution in [1.82, 2.24) is 19.9 Å². The monoisotopic (exact) mass is 494 g/mol. The minimum atomic E-state index is -0.247. The Kier molecular flexibility index (Phi) is 7.25. The molecule has 0 bridgehead atoms. The first kappa shape index (κ1) is 24.1. The van der Waals surface area contributed by atoms with Crippen molar-refractivity contribution in [3.05, 3.63) is 48.0 Å².